The van der Waals surface area contributed by atoms with Crippen LogP contribution in [-0.2, 0) is 32.7 Å². The Hall–Kier alpha value is 0.924. The zero-order valence-corrected chi connectivity index (χ0v) is 11.2. The first kappa shape index (κ1) is 11.9. The maximum Gasteiger partial charge on any atom is 0 e. The molecule has 0 N–H and O–H groups in total. The molecule has 1 aromatic carbocycles. The summed E-state index contributed by atoms with van der Waals surface area (Å²) in [5, 5.41) is 1.03. The third-order valence-electron chi connectivity index (χ3n) is 1.15. The maximum atomic E-state index is 3.09. The van der Waals surface area contributed by atoms with Crippen LogP contribution in [0.25, 0.3) is 5.31 Å². The van der Waals surface area contributed by atoms with Crippen LogP contribution in [0.15, 0.2) is 24.3 Å². The minimum Gasteiger partial charge on any atom is -0.297 e. The van der Waals surface area contributed by atoms with Crippen molar-refractivity contribution in [2.24, 2.45) is 0 Å². The molecule has 11 heavy (non-hydrogen) atoms. The minimum absolute atomic E-state index is 0. The van der Waals surface area contributed by atoms with E-state index in [0.717, 1.165) is 10.9 Å². The topological polar surface area (TPSA) is 0 Å². The Morgan fingerprint density at radius 2 is 2.18 bits per heavy atom. The molecule has 3 heteroatoms. The molecule has 0 aliphatic heterocycles. The van der Waals surface area contributed by atoms with Gasteiger partial charge >= 0.3 is 0 Å². The van der Waals surface area contributed by atoms with Crippen molar-refractivity contribution < 1.29 is 32.7 Å². The Morgan fingerprint density at radius 1 is 1.45 bits per heavy atom. The van der Waals surface area contributed by atoms with E-state index in [4.69, 9.17) is 0 Å². The molecule has 55 valence electrons. The molecule has 0 nitrogen and oxygen atoms in total. The van der Waals surface area contributed by atoms with Crippen LogP contribution in [0.4, 0.5) is 0 Å². The smallest absolute Gasteiger partial charge is 0 e. The van der Waals surface area contributed by atoms with Crippen molar-refractivity contribution in [1.29, 1.82) is 0 Å². The summed E-state index contributed by atoms with van der Waals surface area (Å²) in [6.07, 6.45) is 0. The minimum atomic E-state index is 0. The predicted octanol–water partition coefficient (Wildman–Crippen LogP) is 2.34. The summed E-state index contributed by atoms with van der Waals surface area (Å²) in [7, 11) is 5.04. The molecule has 1 aromatic rings. The largest absolute Gasteiger partial charge is 0.297 e. The molecule has 0 aromatic heterocycles. The van der Waals surface area contributed by atoms with E-state index in [0.29, 0.717) is 0 Å². The Balaban J connectivity index is 0.000001000. The summed E-state index contributed by atoms with van der Waals surface area (Å²) in [4.78, 5) is 0. The van der Waals surface area contributed by atoms with E-state index >= 15 is 0 Å². The van der Waals surface area contributed by atoms with Gasteiger partial charge in [-0.3, -0.25) is 16.7 Å². The summed E-state index contributed by atoms with van der Waals surface area (Å²) in [6.45, 7) is 0. The molecule has 1 radical (unpaired) electrons. The van der Waals surface area contributed by atoms with Crippen LogP contribution in [0, 0.1) is 11.9 Å². The van der Waals surface area contributed by atoms with E-state index in [9.17, 15) is 0 Å². The molecule has 1 rings (SSSR count). The van der Waals surface area contributed by atoms with Gasteiger partial charge in [0.15, 0.2) is 0 Å². The fourth-order valence-electron chi connectivity index (χ4n) is 0.639. The van der Waals surface area contributed by atoms with Gasteiger partial charge < -0.3 is 0 Å². The SMILES string of the molecule is P[C-]=C(P)c1[c-]cccc1.[Y]. The monoisotopic (exact) mass is 255 g/mol. The second-order valence-corrected chi connectivity index (χ2v) is 2.70. The van der Waals surface area contributed by atoms with Gasteiger partial charge in [-0.15, -0.1) is 6.07 Å². The molecule has 0 heterocycles. The second kappa shape index (κ2) is 6.44. The van der Waals surface area contributed by atoms with E-state index in [1.165, 1.54) is 0 Å². The average molecular weight is 255 g/mol. The molecule has 0 fully saturated rings. The first-order valence-corrected chi connectivity index (χ1v) is 4.06. The average Bonchev–Trinajstić information content (AvgIpc) is 2.05. The number of benzene rings is 1. The Labute approximate surface area is 97.5 Å². The van der Waals surface area contributed by atoms with E-state index in [2.05, 4.69) is 30.4 Å². The summed E-state index contributed by atoms with van der Waals surface area (Å²) in [6, 6.07) is 10.9. The van der Waals surface area contributed by atoms with Crippen LogP contribution in [0.2, 0.25) is 0 Å². The Bertz CT molecular complexity index is 231. The van der Waals surface area contributed by atoms with Crippen LogP contribution >= 0.6 is 18.5 Å². The van der Waals surface area contributed by atoms with Crippen LogP contribution in [0.5, 0.6) is 0 Å². The van der Waals surface area contributed by atoms with Crippen molar-refractivity contribution >= 4 is 23.8 Å². The summed E-state index contributed by atoms with van der Waals surface area (Å²) < 4.78 is 0. The fourth-order valence-corrected chi connectivity index (χ4v) is 0.974. The third-order valence-corrected chi connectivity index (χ3v) is 2.28. The molecule has 0 aliphatic carbocycles. The molecule has 0 spiro atoms. The molecule has 0 aliphatic rings. The van der Waals surface area contributed by atoms with Crippen LogP contribution in [0.1, 0.15) is 5.56 Å². The molecule has 0 saturated carbocycles. The fraction of sp³-hybridized carbons (Fsp3) is 0. The summed E-state index contributed by atoms with van der Waals surface area (Å²) >= 11 is 0. The molecule has 0 amide bonds. The summed E-state index contributed by atoms with van der Waals surface area (Å²) in [5.74, 6) is 2.95. The van der Waals surface area contributed by atoms with Gasteiger partial charge in [-0.25, -0.2) is 21.4 Å². The quantitative estimate of drug-likeness (QED) is 0.533. The number of hydrogen-bond acceptors (Lipinski definition) is 0. The van der Waals surface area contributed by atoms with E-state index < -0.39 is 0 Å². The Morgan fingerprint density at radius 3 is 2.64 bits per heavy atom. The van der Waals surface area contributed by atoms with Crippen LogP contribution < -0.4 is 0 Å². The van der Waals surface area contributed by atoms with E-state index in [1.54, 1.807) is 0 Å². The normalized spacial score (nSPS) is 10.5. The predicted molar refractivity (Wildman–Crippen MR) is 51.3 cm³/mol. The van der Waals surface area contributed by atoms with Gasteiger partial charge in [0.2, 0.25) is 0 Å². The van der Waals surface area contributed by atoms with Crippen molar-refractivity contribution in [2.45, 2.75) is 0 Å². The van der Waals surface area contributed by atoms with Crippen LogP contribution in [-0.4, -0.2) is 0 Å². The van der Waals surface area contributed by atoms with Crippen molar-refractivity contribution in [2.75, 3.05) is 0 Å². The van der Waals surface area contributed by atoms with Gasteiger partial charge in [-0.05, 0) is 0 Å². The molecular formula is C8H8P2Y-2. The molecule has 2 unspecified atom stereocenters. The van der Waals surface area contributed by atoms with E-state index in [1.807, 2.05) is 24.3 Å². The van der Waals surface area contributed by atoms with E-state index in [-0.39, 0.29) is 32.7 Å². The first-order valence-electron chi connectivity index (χ1n) is 2.90. The van der Waals surface area contributed by atoms with Gasteiger partial charge in [0.1, 0.15) is 0 Å². The van der Waals surface area contributed by atoms with Crippen molar-refractivity contribution in [3.8, 4) is 0 Å². The molecule has 0 saturated heterocycles. The molecule has 2 atom stereocenters. The van der Waals surface area contributed by atoms with Gasteiger partial charge in [0.05, 0.1) is 0 Å². The third kappa shape index (κ3) is 3.91. The van der Waals surface area contributed by atoms with Crippen molar-refractivity contribution in [1.82, 2.24) is 0 Å². The standard InChI is InChI=1S/C8H8P2.Y/c9-6-8(10)7-4-2-1-3-5-7;/h1-4H,9-10H2;/q-2;. The number of hydrogen-bond donors (Lipinski definition) is 0. The molecular weight excluding hydrogens is 247 g/mol. The molecule has 0 bridgehead atoms. The zero-order chi connectivity index (χ0) is 7.40. The van der Waals surface area contributed by atoms with Crippen molar-refractivity contribution in [3.63, 3.8) is 0 Å². The first-order chi connectivity index (χ1) is 4.84. The van der Waals surface area contributed by atoms with Gasteiger partial charge in [0.25, 0.3) is 0 Å². The van der Waals surface area contributed by atoms with Crippen molar-refractivity contribution in [3.05, 3.63) is 41.7 Å². The zero-order valence-electron chi connectivity index (χ0n) is 6.04. The Kier molecular flexibility index (Phi) is 6.98. The second-order valence-electron chi connectivity index (χ2n) is 1.83. The van der Waals surface area contributed by atoms with Gasteiger partial charge in [0, 0.05) is 32.7 Å². The van der Waals surface area contributed by atoms with Gasteiger partial charge in [-0.1, -0.05) is 0 Å². The number of rotatable bonds is 1. The maximum absolute atomic E-state index is 3.09. The van der Waals surface area contributed by atoms with Gasteiger partial charge in [-0.2, -0.15) is 21.4 Å². The summed E-state index contributed by atoms with van der Waals surface area (Å²) in [5.41, 5.74) is 1.07. The van der Waals surface area contributed by atoms with Crippen LogP contribution in [0.3, 0.4) is 0 Å².